The van der Waals surface area contributed by atoms with Crippen molar-refractivity contribution in [2.75, 3.05) is 6.61 Å². The molecule has 1 amide bonds. The fraction of sp³-hybridized carbons (Fsp3) is 0.846. The summed E-state index contributed by atoms with van der Waals surface area (Å²) in [6.45, 7) is 15.6. The van der Waals surface area contributed by atoms with Gasteiger partial charge in [0.15, 0.2) is 6.04 Å². The molecule has 4 unspecified atom stereocenters. The molecule has 0 aromatic heterocycles. The van der Waals surface area contributed by atoms with Gasteiger partial charge in [-0.1, -0.05) is 58.1 Å². The van der Waals surface area contributed by atoms with Crippen LogP contribution in [-0.4, -0.2) is 30.6 Å². The van der Waals surface area contributed by atoms with Crippen molar-refractivity contribution >= 4 is 11.9 Å². The highest BCUT2D eigenvalue weighted by Gasteiger charge is 2.28. The number of nitrogens with one attached hydrogen (secondary N) is 1. The third kappa shape index (κ3) is 10.2. The van der Waals surface area contributed by atoms with E-state index in [0.29, 0.717) is 17.9 Å². The highest BCUT2D eigenvalue weighted by molar-refractivity contribution is 5.86. The number of esters is 1. The first-order valence-corrected chi connectivity index (χ1v) is 12.4. The van der Waals surface area contributed by atoms with Crippen molar-refractivity contribution in [2.45, 2.75) is 118 Å². The van der Waals surface area contributed by atoms with Gasteiger partial charge in [0.1, 0.15) is 6.04 Å². The first kappa shape index (κ1) is 27.7. The van der Waals surface area contributed by atoms with E-state index in [1.807, 2.05) is 0 Å². The summed E-state index contributed by atoms with van der Waals surface area (Å²) in [5.74, 6) is 0.686. The number of carbonyl (C=O) groups is 2. The van der Waals surface area contributed by atoms with Crippen LogP contribution in [-0.2, 0) is 14.3 Å². The maximum absolute atomic E-state index is 12.0. The number of ether oxygens (including phenoxy) is 1. The van der Waals surface area contributed by atoms with Crippen molar-refractivity contribution in [3.05, 3.63) is 11.1 Å². The zero-order chi connectivity index (χ0) is 23.6. The van der Waals surface area contributed by atoms with Crippen molar-refractivity contribution < 1.29 is 20.1 Å². The molecule has 31 heavy (non-hydrogen) atoms. The molecular weight excluding hydrogens is 388 g/mol. The molecule has 1 aliphatic rings. The summed E-state index contributed by atoms with van der Waals surface area (Å²) in [6.07, 6.45) is 11.0. The Kier molecular flexibility index (Phi) is 11.8. The van der Waals surface area contributed by atoms with Gasteiger partial charge in [-0.2, -0.15) is 0 Å². The molecule has 4 N–H and O–H groups in total. The third-order valence-corrected chi connectivity index (χ3v) is 6.98. The normalized spacial score (nSPS) is 20.0. The molecular formula is C26H49N2O3+. The molecule has 0 aliphatic heterocycles. The van der Waals surface area contributed by atoms with Crippen LogP contribution < -0.4 is 11.1 Å². The number of hydrogen-bond acceptors (Lipinski definition) is 3. The van der Waals surface area contributed by atoms with Gasteiger partial charge in [0, 0.05) is 0 Å². The van der Waals surface area contributed by atoms with Crippen molar-refractivity contribution in [3.63, 3.8) is 0 Å². The lowest BCUT2D eigenvalue weighted by Crippen LogP contribution is -2.66. The molecule has 0 aromatic carbocycles. The Hall–Kier alpha value is -1.36. The minimum absolute atomic E-state index is 0.231. The lowest BCUT2D eigenvalue weighted by atomic mass is 9.70. The van der Waals surface area contributed by atoms with Crippen molar-refractivity contribution in [2.24, 2.45) is 17.3 Å². The van der Waals surface area contributed by atoms with E-state index in [9.17, 15) is 9.59 Å². The third-order valence-electron chi connectivity index (χ3n) is 6.98. The summed E-state index contributed by atoms with van der Waals surface area (Å²) in [6, 6.07) is -1.01. The lowest BCUT2D eigenvalue weighted by Gasteiger charge is -2.35. The Labute approximate surface area is 190 Å². The lowest BCUT2D eigenvalue weighted by molar-refractivity contribution is -0.398. The smallest absolute Gasteiger partial charge is 0.328 e. The molecule has 1 rings (SSSR count). The average molecular weight is 438 g/mol. The number of quaternary nitrogens is 1. The summed E-state index contributed by atoms with van der Waals surface area (Å²) in [5.41, 5.74) is 7.40. The summed E-state index contributed by atoms with van der Waals surface area (Å²) >= 11 is 0. The fourth-order valence-corrected chi connectivity index (χ4v) is 4.62. The molecule has 0 saturated heterocycles. The SMILES string of the molecule is CC1=C(CCC(C)CCCC(C)CCOC(=O)C(C)NC(=O)C(C)[NH3+])C(C)(C)CCC1. The average Bonchev–Trinajstić information content (AvgIpc) is 2.66. The second-order valence-electron chi connectivity index (χ2n) is 10.8. The molecule has 0 bridgehead atoms. The Morgan fingerprint density at radius 1 is 1.06 bits per heavy atom. The van der Waals surface area contributed by atoms with E-state index in [-0.39, 0.29) is 17.9 Å². The van der Waals surface area contributed by atoms with Crippen LogP contribution in [0.4, 0.5) is 0 Å². The van der Waals surface area contributed by atoms with E-state index in [4.69, 9.17) is 4.74 Å². The summed E-state index contributed by atoms with van der Waals surface area (Å²) in [4.78, 5) is 23.6. The zero-order valence-corrected chi connectivity index (χ0v) is 21.3. The van der Waals surface area contributed by atoms with Gasteiger partial charge in [-0.3, -0.25) is 4.79 Å². The summed E-state index contributed by atoms with van der Waals surface area (Å²) < 4.78 is 5.34. The van der Waals surface area contributed by atoms with Crippen LogP contribution in [0.2, 0.25) is 0 Å². The molecule has 0 spiro atoms. The van der Waals surface area contributed by atoms with Crippen LogP contribution in [0.25, 0.3) is 0 Å². The van der Waals surface area contributed by atoms with Gasteiger partial charge in [-0.05, 0) is 76.5 Å². The van der Waals surface area contributed by atoms with E-state index < -0.39 is 6.04 Å². The molecule has 0 saturated carbocycles. The summed E-state index contributed by atoms with van der Waals surface area (Å²) in [5, 5.41) is 2.63. The first-order valence-electron chi connectivity index (χ1n) is 12.4. The molecule has 0 radical (unpaired) electrons. The van der Waals surface area contributed by atoms with Crippen molar-refractivity contribution in [3.8, 4) is 0 Å². The largest absolute Gasteiger partial charge is 0.464 e. The monoisotopic (exact) mass is 437 g/mol. The van der Waals surface area contributed by atoms with Gasteiger partial charge in [0.2, 0.25) is 0 Å². The molecule has 4 atom stereocenters. The van der Waals surface area contributed by atoms with Gasteiger partial charge in [-0.25, -0.2) is 4.79 Å². The zero-order valence-electron chi connectivity index (χ0n) is 21.3. The number of amides is 1. The van der Waals surface area contributed by atoms with E-state index in [0.717, 1.165) is 12.3 Å². The van der Waals surface area contributed by atoms with Crippen LogP contribution >= 0.6 is 0 Å². The molecule has 0 heterocycles. The van der Waals surface area contributed by atoms with Crippen molar-refractivity contribution in [1.82, 2.24) is 5.32 Å². The van der Waals surface area contributed by atoms with Gasteiger partial charge in [0.05, 0.1) is 6.61 Å². The quantitative estimate of drug-likeness (QED) is 0.320. The maximum atomic E-state index is 12.0. The maximum Gasteiger partial charge on any atom is 0.328 e. The molecule has 1 aliphatic carbocycles. The Morgan fingerprint density at radius 2 is 1.68 bits per heavy atom. The number of hydrogen-bond donors (Lipinski definition) is 2. The van der Waals surface area contributed by atoms with Crippen LogP contribution in [0.5, 0.6) is 0 Å². The van der Waals surface area contributed by atoms with Gasteiger partial charge >= 0.3 is 5.97 Å². The summed E-state index contributed by atoms with van der Waals surface area (Å²) in [7, 11) is 0. The minimum Gasteiger partial charge on any atom is -0.464 e. The molecule has 0 fully saturated rings. The topological polar surface area (TPSA) is 83.0 Å². The highest BCUT2D eigenvalue weighted by atomic mass is 16.5. The van der Waals surface area contributed by atoms with E-state index in [1.165, 1.54) is 51.4 Å². The van der Waals surface area contributed by atoms with Crippen molar-refractivity contribution in [1.29, 1.82) is 0 Å². The molecule has 180 valence electrons. The standard InChI is InChI=1S/C26H48N2O3/c1-18(13-14-23-20(3)12-9-16-26(23,6)7)10-8-11-19(2)15-17-31-25(30)22(5)28-24(29)21(4)27/h18-19,21-22H,8-17,27H2,1-7H3,(H,28,29)/p+1. The van der Waals surface area contributed by atoms with Crippen LogP contribution in [0, 0.1) is 17.3 Å². The predicted octanol–water partition coefficient (Wildman–Crippen LogP) is 4.80. The van der Waals surface area contributed by atoms with E-state index in [1.54, 1.807) is 25.0 Å². The second-order valence-corrected chi connectivity index (χ2v) is 10.8. The fourth-order valence-electron chi connectivity index (χ4n) is 4.62. The van der Waals surface area contributed by atoms with Gasteiger partial charge in [-0.15, -0.1) is 0 Å². The second kappa shape index (κ2) is 13.2. The Bertz CT molecular complexity index is 610. The van der Waals surface area contributed by atoms with Gasteiger partial charge in [0.25, 0.3) is 5.91 Å². The van der Waals surface area contributed by atoms with Crippen LogP contribution in [0.1, 0.15) is 106 Å². The number of carbonyl (C=O) groups excluding carboxylic acids is 2. The van der Waals surface area contributed by atoms with E-state index in [2.05, 4.69) is 45.7 Å². The first-order chi connectivity index (χ1) is 14.4. The predicted molar refractivity (Wildman–Crippen MR) is 127 cm³/mol. The Morgan fingerprint density at radius 3 is 2.26 bits per heavy atom. The van der Waals surface area contributed by atoms with Crippen LogP contribution in [0.3, 0.4) is 0 Å². The molecule has 5 nitrogen and oxygen atoms in total. The Balaban J connectivity index is 2.20. The number of allylic oxidation sites excluding steroid dienone is 2. The molecule has 5 heteroatoms. The molecule has 0 aromatic rings. The van der Waals surface area contributed by atoms with Crippen LogP contribution in [0.15, 0.2) is 11.1 Å². The minimum atomic E-state index is -0.624. The highest BCUT2D eigenvalue weighted by Crippen LogP contribution is 2.42. The number of rotatable bonds is 13. The van der Waals surface area contributed by atoms with Gasteiger partial charge < -0.3 is 15.8 Å². The van der Waals surface area contributed by atoms with E-state index >= 15 is 0 Å².